The molecule has 0 bridgehead atoms. The lowest BCUT2D eigenvalue weighted by atomic mass is 10.2. The maximum Gasteiger partial charge on any atom is 0.417 e. The zero-order valence-electron chi connectivity index (χ0n) is 7.23. The summed E-state index contributed by atoms with van der Waals surface area (Å²) in [5.41, 5.74) is 1.01. The van der Waals surface area contributed by atoms with Gasteiger partial charge in [0.25, 0.3) is 5.69 Å². The van der Waals surface area contributed by atoms with Crippen molar-refractivity contribution in [3.63, 3.8) is 0 Å². The first kappa shape index (κ1) is 8.49. The predicted octanol–water partition coefficient (Wildman–Crippen LogP) is 1.34. The van der Waals surface area contributed by atoms with Gasteiger partial charge in [0.05, 0.1) is 16.0 Å². The molecule has 0 saturated heterocycles. The standard InChI is InChI=1S/C8H6N2O4/c1-4-6(10(12)13)3-2-5-7(4)14-8(11)9-5/h2-3H,1H3,(H,9,11). The molecule has 0 atom stereocenters. The zero-order valence-corrected chi connectivity index (χ0v) is 7.23. The molecule has 2 aromatic rings. The number of aromatic amines is 1. The molecule has 0 aliphatic heterocycles. The molecule has 0 unspecified atom stereocenters. The third-order valence-electron chi connectivity index (χ3n) is 2.01. The predicted molar refractivity (Wildman–Crippen MR) is 48.2 cm³/mol. The molecule has 72 valence electrons. The van der Waals surface area contributed by atoms with Crippen molar-refractivity contribution in [2.45, 2.75) is 6.92 Å². The summed E-state index contributed by atoms with van der Waals surface area (Å²) < 4.78 is 4.77. The minimum Gasteiger partial charge on any atom is -0.407 e. The fourth-order valence-corrected chi connectivity index (χ4v) is 1.34. The van der Waals surface area contributed by atoms with E-state index in [0.29, 0.717) is 11.1 Å². The van der Waals surface area contributed by atoms with Crippen LogP contribution in [-0.4, -0.2) is 9.91 Å². The zero-order chi connectivity index (χ0) is 10.3. The molecule has 2 rings (SSSR count). The van der Waals surface area contributed by atoms with Crippen LogP contribution >= 0.6 is 0 Å². The van der Waals surface area contributed by atoms with E-state index in [1.807, 2.05) is 0 Å². The molecule has 0 radical (unpaired) electrons. The van der Waals surface area contributed by atoms with Crippen LogP contribution in [0.3, 0.4) is 0 Å². The lowest BCUT2D eigenvalue weighted by Gasteiger charge is -1.95. The first-order valence-corrected chi connectivity index (χ1v) is 3.86. The Kier molecular flexibility index (Phi) is 1.63. The number of rotatable bonds is 1. The highest BCUT2D eigenvalue weighted by Gasteiger charge is 2.15. The lowest BCUT2D eigenvalue weighted by Crippen LogP contribution is -1.92. The quantitative estimate of drug-likeness (QED) is 0.547. The SMILES string of the molecule is Cc1c([N+](=O)[O-])ccc2[nH]c(=O)oc12. The molecule has 1 aromatic carbocycles. The van der Waals surface area contributed by atoms with Crippen molar-refractivity contribution in [1.29, 1.82) is 0 Å². The van der Waals surface area contributed by atoms with E-state index in [-0.39, 0.29) is 11.3 Å². The molecule has 0 aliphatic rings. The first-order valence-electron chi connectivity index (χ1n) is 3.86. The number of oxazole rings is 1. The number of aryl methyl sites for hydroxylation is 1. The number of nitrogens with one attached hydrogen (secondary N) is 1. The Morgan fingerprint density at radius 2 is 2.21 bits per heavy atom. The van der Waals surface area contributed by atoms with Crippen molar-refractivity contribution in [3.8, 4) is 0 Å². The Morgan fingerprint density at radius 3 is 2.86 bits per heavy atom. The summed E-state index contributed by atoms with van der Waals surface area (Å²) in [7, 11) is 0. The number of nitrogens with zero attached hydrogens (tertiary/aromatic N) is 1. The van der Waals surface area contributed by atoms with Crippen LogP contribution in [0.5, 0.6) is 0 Å². The van der Waals surface area contributed by atoms with Gasteiger partial charge >= 0.3 is 5.76 Å². The molecule has 14 heavy (non-hydrogen) atoms. The number of nitro groups is 1. The largest absolute Gasteiger partial charge is 0.417 e. The van der Waals surface area contributed by atoms with E-state index in [1.165, 1.54) is 19.1 Å². The van der Waals surface area contributed by atoms with E-state index in [9.17, 15) is 14.9 Å². The van der Waals surface area contributed by atoms with Crippen LogP contribution < -0.4 is 5.76 Å². The van der Waals surface area contributed by atoms with Gasteiger partial charge in [0.2, 0.25) is 0 Å². The average molecular weight is 194 g/mol. The van der Waals surface area contributed by atoms with E-state index in [1.54, 1.807) is 0 Å². The first-order chi connectivity index (χ1) is 6.59. The smallest absolute Gasteiger partial charge is 0.407 e. The number of hydrogen-bond donors (Lipinski definition) is 1. The van der Waals surface area contributed by atoms with Gasteiger partial charge in [0.1, 0.15) is 0 Å². The van der Waals surface area contributed by atoms with E-state index in [2.05, 4.69) is 4.98 Å². The Morgan fingerprint density at radius 1 is 1.50 bits per heavy atom. The molecule has 6 heteroatoms. The van der Waals surface area contributed by atoms with Crippen LogP contribution in [0.25, 0.3) is 11.1 Å². The molecule has 0 amide bonds. The fraction of sp³-hybridized carbons (Fsp3) is 0.125. The normalized spacial score (nSPS) is 10.6. The van der Waals surface area contributed by atoms with E-state index in [0.717, 1.165) is 0 Å². The molecule has 0 fully saturated rings. The van der Waals surface area contributed by atoms with Crippen molar-refractivity contribution in [2.75, 3.05) is 0 Å². The highest BCUT2D eigenvalue weighted by molar-refractivity contribution is 5.79. The van der Waals surface area contributed by atoms with Crippen molar-refractivity contribution >= 4 is 16.8 Å². The summed E-state index contributed by atoms with van der Waals surface area (Å²) >= 11 is 0. The Balaban J connectivity index is 2.87. The van der Waals surface area contributed by atoms with Crippen molar-refractivity contribution < 1.29 is 9.34 Å². The number of H-pyrrole nitrogens is 1. The molecule has 1 N–H and O–H groups in total. The van der Waals surface area contributed by atoms with Crippen LogP contribution in [0.1, 0.15) is 5.56 Å². The molecule has 6 nitrogen and oxygen atoms in total. The van der Waals surface area contributed by atoms with Gasteiger partial charge in [-0.2, -0.15) is 0 Å². The van der Waals surface area contributed by atoms with Crippen LogP contribution in [0.15, 0.2) is 21.3 Å². The van der Waals surface area contributed by atoms with Gasteiger partial charge < -0.3 is 4.42 Å². The lowest BCUT2D eigenvalue weighted by molar-refractivity contribution is -0.385. The number of benzene rings is 1. The molecule has 1 heterocycles. The summed E-state index contributed by atoms with van der Waals surface area (Å²) in [5.74, 6) is -0.608. The average Bonchev–Trinajstić information content (AvgIpc) is 2.46. The van der Waals surface area contributed by atoms with Gasteiger partial charge in [0.15, 0.2) is 5.58 Å². The summed E-state index contributed by atoms with van der Waals surface area (Å²) in [4.78, 5) is 23.3. The Bertz CT molecular complexity index is 566. The topological polar surface area (TPSA) is 89.1 Å². The molecular formula is C8H6N2O4. The second-order valence-corrected chi connectivity index (χ2v) is 2.86. The highest BCUT2D eigenvalue weighted by Crippen LogP contribution is 2.24. The maximum atomic E-state index is 10.8. The van der Waals surface area contributed by atoms with Crippen molar-refractivity contribution in [1.82, 2.24) is 4.98 Å². The molecule has 0 aliphatic carbocycles. The third kappa shape index (κ3) is 1.08. The molecule has 1 aromatic heterocycles. The molecular weight excluding hydrogens is 188 g/mol. The van der Waals surface area contributed by atoms with Gasteiger partial charge in [-0.1, -0.05) is 0 Å². The second kappa shape index (κ2) is 2.69. The number of hydrogen-bond acceptors (Lipinski definition) is 4. The molecule has 0 saturated carbocycles. The van der Waals surface area contributed by atoms with Crippen LogP contribution in [0.2, 0.25) is 0 Å². The highest BCUT2D eigenvalue weighted by atomic mass is 16.6. The van der Waals surface area contributed by atoms with Crippen LogP contribution in [0.4, 0.5) is 5.69 Å². The fourth-order valence-electron chi connectivity index (χ4n) is 1.34. The second-order valence-electron chi connectivity index (χ2n) is 2.86. The minimum atomic E-state index is -0.608. The third-order valence-corrected chi connectivity index (χ3v) is 2.01. The monoisotopic (exact) mass is 194 g/mol. The number of fused-ring (bicyclic) bond motifs is 1. The summed E-state index contributed by atoms with van der Waals surface area (Å²) in [6.45, 7) is 1.54. The molecule has 0 spiro atoms. The van der Waals surface area contributed by atoms with Gasteiger partial charge in [-0.25, -0.2) is 4.79 Å². The minimum absolute atomic E-state index is 0.0553. The van der Waals surface area contributed by atoms with Crippen molar-refractivity contribution in [2.24, 2.45) is 0 Å². The summed E-state index contributed by atoms with van der Waals surface area (Å²) in [5, 5.41) is 10.5. The van der Waals surface area contributed by atoms with Gasteiger partial charge in [-0.3, -0.25) is 15.1 Å². The summed E-state index contributed by atoms with van der Waals surface area (Å²) in [6, 6.07) is 2.79. The van der Waals surface area contributed by atoms with Gasteiger partial charge in [-0.15, -0.1) is 0 Å². The number of aromatic nitrogens is 1. The van der Waals surface area contributed by atoms with E-state index < -0.39 is 10.7 Å². The van der Waals surface area contributed by atoms with Crippen molar-refractivity contribution in [3.05, 3.63) is 38.4 Å². The summed E-state index contributed by atoms with van der Waals surface area (Å²) in [6.07, 6.45) is 0. The number of nitro benzene ring substituents is 1. The Labute approximate surface area is 77.3 Å². The van der Waals surface area contributed by atoms with Crippen LogP contribution in [0, 0.1) is 17.0 Å². The Hall–Kier alpha value is -2.11. The van der Waals surface area contributed by atoms with E-state index in [4.69, 9.17) is 4.42 Å². The van der Waals surface area contributed by atoms with Gasteiger partial charge in [-0.05, 0) is 13.0 Å². The van der Waals surface area contributed by atoms with Crippen LogP contribution in [-0.2, 0) is 0 Å². The maximum absolute atomic E-state index is 10.8. The van der Waals surface area contributed by atoms with E-state index >= 15 is 0 Å². The van der Waals surface area contributed by atoms with Gasteiger partial charge in [0, 0.05) is 6.07 Å².